The molecule has 0 aromatic heterocycles. The zero-order chi connectivity index (χ0) is 19.6. The minimum Gasteiger partial charge on any atom is -0.223 e. The topological polar surface area (TPSA) is 34.1 Å². The highest BCUT2D eigenvalue weighted by Crippen LogP contribution is 2.31. The van der Waals surface area contributed by atoms with E-state index in [-0.39, 0.29) is 5.75 Å². The molecule has 0 spiro atoms. The third-order valence-electron chi connectivity index (χ3n) is 4.43. The maximum absolute atomic E-state index is 12.8. The Hall–Kier alpha value is -1.81. The Balaban J connectivity index is 1.86. The van der Waals surface area contributed by atoms with Crippen molar-refractivity contribution >= 4 is 33.0 Å². The van der Waals surface area contributed by atoms with Crippen molar-refractivity contribution in [2.75, 3.05) is 0 Å². The maximum atomic E-state index is 12.8. The Kier molecular flexibility index (Phi) is 5.95. The van der Waals surface area contributed by atoms with Gasteiger partial charge in [0.1, 0.15) is 0 Å². The fourth-order valence-electron chi connectivity index (χ4n) is 2.91. The maximum Gasteiger partial charge on any atom is 0.182 e. The molecule has 0 aliphatic rings. The van der Waals surface area contributed by atoms with Gasteiger partial charge in [0.05, 0.1) is 10.6 Å². The van der Waals surface area contributed by atoms with Gasteiger partial charge in [-0.15, -0.1) is 0 Å². The number of hydrogen-bond acceptors (Lipinski definition) is 2. The average Bonchev–Trinajstić information content (AvgIpc) is 2.62. The van der Waals surface area contributed by atoms with Crippen molar-refractivity contribution in [2.24, 2.45) is 0 Å². The Morgan fingerprint density at radius 1 is 0.889 bits per heavy atom. The lowest BCUT2D eigenvalue weighted by Crippen LogP contribution is -2.05. The molecule has 0 saturated heterocycles. The van der Waals surface area contributed by atoms with E-state index < -0.39 is 9.84 Å². The van der Waals surface area contributed by atoms with Crippen LogP contribution in [0.25, 0.3) is 11.1 Å². The van der Waals surface area contributed by atoms with Gasteiger partial charge in [-0.05, 0) is 46.9 Å². The van der Waals surface area contributed by atoms with Crippen molar-refractivity contribution in [2.45, 2.75) is 30.4 Å². The van der Waals surface area contributed by atoms with Crippen LogP contribution < -0.4 is 0 Å². The van der Waals surface area contributed by atoms with Crippen LogP contribution in [0.4, 0.5) is 0 Å². The second-order valence-electron chi connectivity index (χ2n) is 6.81. The summed E-state index contributed by atoms with van der Waals surface area (Å²) in [5, 5.41) is 1.09. The van der Waals surface area contributed by atoms with Crippen LogP contribution >= 0.6 is 23.2 Å². The molecule has 0 aliphatic heterocycles. The van der Waals surface area contributed by atoms with Gasteiger partial charge in [0.2, 0.25) is 0 Å². The molecule has 0 heterocycles. The van der Waals surface area contributed by atoms with Crippen LogP contribution in [0.2, 0.25) is 10.0 Å². The summed E-state index contributed by atoms with van der Waals surface area (Å²) in [5.74, 6) is 0.338. The molecule has 0 atom stereocenters. The molecule has 140 valence electrons. The van der Waals surface area contributed by atoms with E-state index in [0.717, 1.165) is 22.3 Å². The first-order valence-corrected chi connectivity index (χ1v) is 11.0. The van der Waals surface area contributed by atoms with Crippen LogP contribution in [0.3, 0.4) is 0 Å². The fraction of sp³-hybridized carbons (Fsp3) is 0.182. The highest BCUT2D eigenvalue weighted by atomic mass is 35.5. The first-order chi connectivity index (χ1) is 12.8. The van der Waals surface area contributed by atoms with E-state index in [1.165, 1.54) is 0 Å². The van der Waals surface area contributed by atoms with E-state index in [1.807, 2.05) is 30.3 Å². The number of benzene rings is 3. The van der Waals surface area contributed by atoms with Crippen LogP contribution in [-0.4, -0.2) is 8.42 Å². The van der Waals surface area contributed by atoms with Crippen molar-refractivity contribution in [1.29, 1.82) is 0 Å². The summed E-state index contributed by atoms with van der Waals surface area (Å²) in [6.07, 6.45) is 0. The van der Waals surface area contributed by atoms with Gasteiger partial charge in [-0.3, -0.25) is 0 Å². The zero-order valence-electron chi connectivity index (χ0n) is 15.1. The molecule has 3 aromatic rings. The molecule has 5 heteroatoms. The molecule has 0 fully saturated rings. The molecule has 0 aliphatic carbocycles. The first kappa shape index (κ1) is 19.9. The SMILES string of the molecule is CC(C)c1cccc(CS(=O)(=O)c2ccc(-c3ccc(Cl)cc3Cl)cc2)c1. The second kappa shape index (κ2) is 8.05. The van der Waals surface area contributed by atoms with E-state index in [0.29, 0.717) is 20.9 Å². The highest BCUT2D eigenvalue weighted by molar-refractivity contribution is 7.90. The Bertz CT molecular complexity index is 1060. The summed E-state index contributed by atoms with van der Waals surface area (Å²) in [5.41, 5.74) is 3.59. The zero-order valence-corrected chi connectivity index (χ0v) is 17.4. The minimum atomic E-state index is -3.43. The summed E-state index contributed by atoms with van der Waals surface area (Å²) < 4.78 is 25.6. The molecule has 0 N–H and O–H groups in total. The number of hydrogen-bond donors (Lipinski definition) is 0. The summed E-state index contributed by atoms with van der Waals surface area (Å²) >= 11 is 12.2. The first-order valence-electron chi connectivity index (χ1n) is 8.63. The van der Waals surface area contributed by atoms with Gasteiger partial charge in [0.15, 0.2) is 9.84 Å². The Morgan fingerprint density at radius 3 is 2.22 bits per heavy atom. The molecule has 0 unspecified atom stereocenters. The summed E-state index contributed by atoms with van der Waals surface area (Å²) in [6.45, 7) is 4.18. The lowest BCUT2D eigenvalue weighted by Gasteiger charge is -2.10. The molecule has 27 heavy (non-hydrogen) atoms. The van der Waals surface area contributed by atoms with Gasteiger partial charge in [-0.1, -0.05) is 79.5 Å². The van der Waals surface area contributed by atoms with Gasteiger partial charge in [0, 0.05) is 15.6 Å². The van der Waals surface area contributed by atoms with Gasteiger partial charge < -0.3 is 0 Å². The molecule has 0 radical (unpaired) electrons. The van der Waals surface area contributed by atoms with E-state index in [1.54, 1.807) is 36.4 Å². The largest absolute Gasteiger partial charge is 0.223 e. The monoisotopic (exact) mass is 418 g/mol. The molecule has 3 rings (SSSR count). The van der Waals surface area contributed by atoms with Crippen molar-refractivity contribution in [3.8, 4) is 11.1 Å². The van der Waals surface area contributed by atoms with E-state index in [4.69, 9.17) is 23.2 Å². The molecular formula is C22H20Cl2O2S. The summed E-state index contributed by atoms with van der Waals surface area (Å²) in [4.78, 5) is 0.297. The van der Waals surface area contributed by atoms with Crippen molar-refractivity contribution in [3.63, 3.8) is 0 Å². The third kappa shape index (κ3) is 4.73. The molecule has 3 aromatic carbocycles. The lowest BCUT2D eigenvalue weighted by atomic mass is 10.0. The number of halogens is 2. The molecular weight excluding hydrogens is 399 g/mol. The Labute approximate surface area is 170 Å². The second-order valence-corrected chi connectivity index (χ2v) is 9.64. The predicted molar refractivity (Wildman–Crippen MR) is 113 cm³/mol. The number of sulfone groups is 1. The molecule has 0 saturated carbocycles. The lowest BCUT2D eigenvalue weighted by molar-refractivity contribution is 0.595. The van der Waals surface area contributed by atoms with E-state index in [9.17, 15) is 8.42 Å². The standard InChI is InChI=1S/C22H20Cl2O2S/c1-15(2)18-5-3-4-16(12-18)14-27(25,26)20-9-6-17(7-10-20)21-11-8-19(23)13-22(21)24/h3-13,15H,14H2,1-2H3. The molecule has 0 bridgehead atoms. The number of rotatable bonds is 5. The highest BCUT2D eigenvalue weighted by Gasteiger charge is 2.16. The quantitative estimate of drug-likeness (QED) is 0.458. The van der Waals surface area contributed by atoms with Gasteiger partial charge in [-0.25, -0.2) is 8.42 Å². The van der Waals surface area contributed by atoms with Crippen molar-refractivity contribution in [1.82, 2.24) is 0 Å². The third-order valence-corrected chi connectivity index (χ3v) is 6.68. The van der Waals surface area contributed by atoms with E-state index in [2.05, 4.69) is 13.8 Å². The summed E-state index contributed by atoms with van der Waals surface area (Å²) in [6, 6.07) is 19.8. The molecule has 2 nitrogen and oxygen atoms in total. The van der Waals surface area contributed by atoms with Crippen molar-refractivity contribution in [3.05, 3.63) is 87.9 Å². The minimum absolute atomic E-state index is 0.0192. The van der Waals surface area contributed by atoms with Gasteiger partial charge in [-0.2, -0.15) is 0 Å². The van der Waals surface area contributed by atoms with Crippen LogP contribution in [-0.2, 0) is 15.6 Å². The summed E-state index contributed by atoms with van der Waals surface area (Å²) in [7, 11) is -3.43. The normalized spacial score (nSPS) is 11.7. The van der Waals surface area contributed by atoms with E-state index >= 15 is 0 Å². The average molecular weight is 419 g/mol. The van der Waals surface area contributed by atoms with Crippen LogP contribution in [0.5, 0.6) is 0 Å². The smallest absolute Gasteiger partial charge is 0.182 e. The van der Waals surface area contributed by atoms with Gasteiger partial charge >= 0.3 is 0 Å². The Morgan fingerprint density at radius 2 is 1.59 bits per heavy atom. The fourth-order valence-corrected chi connectivity index (χ4v) is 4.76. The van der Waals surface area contributed by atoms with Gasteiger partial charge in [0.25, 0.3) is 0 Å². The van der Waals surface area contributed by atoms with Crippen LogP contribution in [0, 0.1) is 0 Å². The van der Waals surface area contributed by atoms with Crippen LogP contribution in [0.1, 0.15) is 30.9 Å². The van der Waals surface area contributed by atoms with Crippen molar-refractivity contribution < 1.29 is 8.42 Å². The van der Waals surface area contributed by atoms with Crippen LogP contribution in [0.15, 0.2) is 71.6 Å². The molecule has 0 amide bonds. The predicted octanol–water partition coefficient (Wildman–Crippen LogP) is 6.76.